The Hall–Kier alpha value is 0.144. The van der Waals surface area contributed by atoms with Crippen LogP contribution in [0, 0.1) is 0 Å². The fourth-order valence-corrected chi connectivity index (χ4v) is 2.84. The average molecular weight is 292 g/mol. The molecule has 0 aromatic heterocycles. The molecular weight excluding hydrogens is 271 g/mol. The average Bonchev–Trinajstić information content (AvgIpc) is 2.30. The van der Waals surface area contributed by atoms with E-state index < -0.39 is 15.0 Å². The Morgan fingerprint density at radius 2 is 1.00 bits per heavy atom. The van der Waals surface area contributed by atoms with Crippen LogP contribution in [-0.4, -0.2) is 55.0 Å². The van der Waals surface area contributed by atoms with Gasteiger partial charge in [0.2, 0.25) is 0 Å². The van der Waals surface area contributed by atoms with Gasteiger partial charge in [0.15, 0.2) is 0 Å². The Morgan fingerprint density at radius 3 is 1.24 bits per heavy atom. The molecular formula is C9H21O7V. The van der Waals surface area contributed by atoms with E-state index in [9.17, 15) is 3.67 Å². The summed E-state index contributed by atoms with van der Waals surface area (Å²) in [4.78, 5) is 0. The second-order valence-electron chi connectivity index (χ2n) is 3.18. The standard InChI is InChI=1S/3C3H7O2.O.V/c3*4-2-1-3-5;;/h3*4H,1-3H2;;/q3*-1;;+3. The van der Waals surface area contributed by atoms with Crippen LogP contribution in [0.3, 0.4) is 0 Å². The summed E-state index contributed by atoms with van der Waals surface area (Å²) in [6.07, 6.45) is 1.04. The molecule has 0 aliphatic rings. The fourth-order valence-electron chi connectivity index (χ4n) is 0.835. The van der Waals surface area contributed by atoms with Crippen LogP contribution in [0.2, 0.25) is 0 Å². The van der Waals surface area contributed by atoms with Crippen molar-refractivity contribution in [2.75, 3.05) is 39.6 Å². The summed E-state index contributed by atoms with van der Waals surface area (Å²) < 4.78 is 27.0. The molecule has 0 aromatic carbocycles. The Labute approximate surface area is 104 Å². The van der Waals surface area contributed by atoms with Crippen molar-refractivity contribution in [2.24, 2.45) is 0 Å². The van der Waals surface area contributed by atoms with Crippen molar-refractivity contribution in [3.05, 3.63) is 0 Å². The second kappa shape index (κ2) is 11.2. The van der Waals surface area contributed by atoms with E-state index in [4.69, 9.17) is 26.3 Å². The van der Waals surface area contributed by atoms with Crippen molar-refractivity contribution in [1.29, 1.82) is 0 Å². The van der Waals surface area contributed by atoms with E-state index in [2.05, 4.69) is 0 Å². The van der Waals surface area contributed by atoms with Crippen LogP contribution >= 0.6 is 0 Å². The molecule has 0 saturated carbocycles. The van der Waals surface area contributed by atoms with E-state index in [-0.39, 0.29) is 39.6 Å². The van der Waals surface area contributed by atoms with Gasteiger partial charge in [0, 0.05) is 0 Å². The Kier molecular flexibility index (Phi) is 11.3. The summed E-state index contributed by atoms with van der Waals surface area (Å²) in [6, 6.07) is 0. The zero-order chi connectivity index (χ0) is 13.0. The van der Waals surface area contributed by atoms with Crippen LogP contribution in [0.1, 0.15) is 19.3 Å². The fraction of sp³-hybridized carbons (Fsp3) is 1.00. The molecule has 0 fully saturated rings. The Morgan fingerprint density at radius 1 is 0.706 bits per heavy atom. The van der Waals surface area contributed by atoms with Crippen molar-refractivity contribution >= 4 is 0 Å². The second-order valence-corrected chi connectivity index (χ2v) is 5.78. The van der Waals surface area contributed by atoms with Crippen LogP contribution in [0.25, 0.3) is 0 Å². The van der Waals surface area contributed by atoms with Gasteiger partial charge in [-0.3, -0.25) is 0 Å². The zero-order valence-corrected chi connectivity index (χ0v) is 11.2. The van der Waals surface area contributed by atoms with Crippen LogP contribution < -0.4 is 0 Å². The normalized spacial score (nSPS) is 11.9. The molecule has 0 aliphatic carbocycles. The van der Waals surface area contributed by atoms with E-state index in [1.165, 1.54) is 0 Å². The molecule has 0 atom stereocenters. The Balaban J connectivity index is 4.00. The summed E-state index contributed by atoms with van der Waals surface area (Å²) in [5, 5.41) is 25.7. The molecule has 0 spiro atoms. The first-order chi connectivity index (χ1) is 8.18. The third-order valence-corrected chi connectivity index (χ3v) is 3.99. The van der Waals surface area contributed by atoms with E-state index in [1.807, 2.05) is 0 Å². The third kappa shape index (κ3) is 9.81. The molecule has 7 nitrogen and oxygen atoms in total. The SMILES string of the molecule is [O]=[V]([O]CCCO)([O]CCCO)[O]CCCO. The van der Waals surface area contributed by atoms with E-state index in [0.29, 0.717) is 19.3 Å². The molecule has 0 heterocycles. The first kappa shape index (κ1) is 17.1. The number of rotatable bonds is 12. The predicted molar refractivity (Wildman–Crippen MR) is 53.7 cm³/mol. The van der Waals surface area contributed by atoms with Crippen molar-refractivity contribution in [2.45, 2.75) is 19.3 Å². The molecule has 3 N–H and O–H groups in total. The van der Waals surface area contributed by atoms with Crippen LogP contribution in [-0.2, 0) is 29.7 Å². The molecule has 0 unspecified atom stereocenters. The van der Waals surface area contributed by atoms with E-state index in [1.54, 1.807) is 0 Å². The maximum atomic E-state index is 12.0. The number of hydrogen-bond donors (Lipinski definition) is 3. The summed E-state index contributed by atoms with van der Waals surface area (Å²) in [5.74, 6) is 0. The molecule has 17 heavy (non-hydrogen) atoms. The van der Waals surface area contributed by atoms with Gasteiger partial charge in [-0.15, -0.1) is 0 Å². The van der Waals surface area contributed by atoms with Gasteiger partial charge in [-0.05, 0) is 0 Å². The van der Waals surface area contributed by atoms with Crippen molar-refractivity contribution < 1.29 is 45.0 Å². The van der Waals surface area contributed by atoms with Crippen LogP contribution in [0.15, 0.2) is 0 Å². The molecule has 0 aliphatic heterocycles. The minimum atomic E-state index is -4.30. The summed E-state index contributed by atoms with van der Waals surface area (Å²) >= 11 is -4.30. The molecule has 104 valence electrons. The topological polar surface area (TPSA) is 105 Å². The summed E-state index contributed by atoms with van der Waals surface area (Å²) in [6.45, 7) is 0.0665. The van der Waals surface area contributed by atoms with Gasteiger partial charge in [-0.25, -0.2) is 0 Å². The molecule has 0 radical (unpaired) electrons. The number of aliphatic hydroxyl groups is 3. The van der Waals surface area contributed by atoms with Gasteiger partial charge in [0.25, 0.3) is 0 Å². The van der Waals surface area contributed by atoms with Crippen molar-refractivity contribution in [3.63, 3.8) is 0 Å². The number of aliphatic hydroxyl groups excluding tert-OH is 3. The maximum absolute atomic E-state index is 12.0. The first-order valence-electron chi connectivity index (χ1n) is 5.55. The van der Waals surface area contributed by atoms with Crippen LogP contribution in [0.4, 0.5) is 0 Å². The summed E-state index contributed by atoms with van der Waals surface area (Å²) in [5.41, 5.74) is 0. The molecule has 0 rings (SSSR count). The zero-order valence-electron chi connectivity index (χ0n) is 9.79. The molecule has 0 aromatic rings. The quantitative estimate of drug-likeness (QED) is 0.413. The van der Waals surface area contributed by atoms with Crippen molar-refractivity contribution in [1.82, 2.24) is 0 Å². The molecule has 0 amide bonds. The molecule has 0 saturated heterocycles. The van der Waals surface area contributed by atoms with E-state index in [0.717, 1.165) is 0 Å². The summed E-state index contributed by atoms with van der Waals surface area (Å²) in [7, 11) is 0. The molecule has 8 heteroatoms. The van der Waals surface area contributed by atoms with Gasteiger partial charge in [-0.1, -0.05) is 0 Å². The van der Waals surface area contributed by atoms with Gasteiger partial charge < -0.3 is 0 Å². The van der Waals surface area contributed by atoms with Crippen molar-refractivity contribution in [3.8, 4) is 0 Å². The third-order valence-electron chi connectivity index (χ3n) is 1.66. The minimum absolute atomic E-state index is 0.0664. The van der Waals surface area contributed by atoms with E-state index >= 15 is 0 Å². The van der Waals surface area contributed by atoms with Gasteiger partial charge in [-0.2, -0.15) is 0 Å². The van der Waals surface area contributed by atoms with Gasteiger partial charge in [0.05, 0.1) is 0 Å². The van der Waals surface area contributed by atoms with Gasteiger partial charge in [0.1, 0.15) is 0 Å². The van der Waals surface area contributed by atoms with Gasteiger partial charge >= 0.3 is 104 Å². The number of hydrogen-bond acceptors (Lipinski definition) is 7. The Bertz CT molecular complexity index is 178. The predicted octanol–water partition coefficient (Wildman–Crippen LogP) is -0.572. The first-order valence-corrected chi connectivity index (χ1v) is 7.83. The molecule has 0 bridgehead atoms. The monoisotopic (exact) mass is 292 g/mol. The van der Waals surface area contributed by atoms with Crippen LogP contribution in [0.5, 0.6) is 0 Å².